The van der Waals surface area contributed by atoms with Crippen molar-refractivity contribution in [2.45, 2.75) is 60.2 Å². The summed E-state index contributed by atoms with van der Waals surface area (Å²) in [6, 6.07) is -0.363. The van der Waals surface area contributed by atoms with Crippen molar-refractivity contribution in [3.8, 4) is 0 Å². The van der Waals surface area contributed by atoms with Gasteiger partial charge in [-0.3, -0.25) is 14.2 Å². The van der Waals surface area contributed by atoms with E-state index in [9.17, 15) is 14.4 Å². The van der Waals surface area contributed by atoms with Gasteiger partial charge in [0.2, 0.25) is 5.91 Å². The van der Waals surface area contributed by atoms with Gasteiger partial charge in [0.1, 0.15) is 6.10 Å². The lowest BCUT2D eigenvalue weighted by Crippen LogP contribution is -2.45. The van der Waals surface area contributed by atoms with Gasteiger partial charge in [0, 0.05) is 18.2 Å². The Hall–Kier alpha value is -2.38. The van der Waals surface area contributed by atoms with Crippen LogP contribution in [-0.4, -0.2) is 33.3 Å². The van der Waals surface area contributed by atoms with Gasteiger partial charge in [0.15, 0.2) is 0 Å². The van der Waals surface area contributed by atoms with Crippen molar-refractivity contribution in [1.82, 2.24) is 14.9 Å². The van der Waals surface area contributed by atoms with Gasteiger partial charge in [0.05, 0.1) is 17.8 Å². The topological polar surface area (TPSA) is 106 Å². The van der Waals surface area contributed by atoms with E-state index in [1.54, 1.807) is 27.7 Å². The average molecular weight is 338 g/mol. The number of oxime groups is 1. The van der Waals surface area contributed by atoms with Crippen molar-refractivity contribution >= 4 is 11.6 Å². The number of hydrogen-bond donors (Lipinski definition) is 2. The highest BCUT2D eigenvalue weighted by Gasteiger charge is 2.15. The second-order valence-corrected chi connectivity index (χ2v) is 6.32. The molecule has 1 atom stereocenters. The van der Waals surface area contributed by atoms with E-state index in [0.29, 0.717) is 5.71 Å². The van der Waals surface area contributed by atoms with Gasteiger partial charge in [-0.05, 0) is 27.7 Å². The quantitative estimate of drug-likeness (QED) is 0.568. The van der Waals surface area contributed by atoms with E-state index in [-0.39, 0.29) is 36.1 Å². The molecule has 0 aliphatic rings. The predicted molar refractivity (Wildman–Crippen MR) is 92.2 cm³/mol. The van der Waals surface area contributed by atoms with E-state index < -0.39 is 11.2 Å². The number of aromatic amines is 1. The van der Waals surface area contributed by atoms with E-state index in [1.807, 2.05) is 13.8 Å². The summed E-state index contributed by atoms with van der Waals surface area (Å²) in [6.07, 6.45) is 1.21. The highest BCUT2D eigenvalue weighted by atomic mass is 16.6. The predicted octanol–water partition coefficient (Wildman–Crippen LogP) is 0.846. The molecular weight excluding hydrogens is 312 g/mol. The minimum absolute atomic E-state index is 0.0682. The second kappa shape index (κ2) is 8.47. The van der Waals surface area contributed by atoms with Crippen LogP contribution in [0.5, 0.6) is 0 Å². The summed E-state index contributed by atoms with van der Waals surface area (Å²) in [7, 11) is 0. The fraction of sp³-hybridized carbons (Fsp3) is 0.625. The number of nitrogens with one attached hydrogen (secondary N) is 2. The van der Waals surface area contributed by atoms with Crippen LogP contribution in [0.4, 0.5) is 0 Å². The van der Waals surface area contributed by atoms with Crippen LogP contribution >= 0.6 is 0 Å². The molecule has 1 rings (SSSR count). The van der Waals surface area contributed by atoms with Crippen LogP contribution in [0.15, 0.2) is 20.9 Å². The number of H-pyrrole nitrogens is 1. The van der Waals surface area contributed by atoms with Crippen LogP contribution in [0.3, 0.4) is 0 Å². The molecule has 0 aromatic carbocycles. The summed E-state index contributed by atoms with van der Waals surface area (Å²) >= 11 is 0. The van der Waals surface area contributed by atoms with Crippen LogP contribution in [0.2, 0.25) is 0 Å². The minimum Gasteiger partial charge on any atom is -0.393 e. The summed E-state index contributed by atoms with van der Waals surface area (Å²) < 4.78 is 1.05. The SMILES string of the molecule is C/C(=N\OC(C)C)c1c[nH]c(=O)n(CC(C)NC(=O)C(C)C)c1=O. The largest absolute Gasteiger partial charge is 0.393 e. The Morgan fingerprint density at radius 3 is 2.46 bits per heavy atom. The van der Waals surface area contributed by atoms with Crippen molar-refractivity contribution in [1.29, 1.82) is 0 Å². The van der Waals surface area contributed by atoms with Crippen LogP contribution < -0.4 is 16.6 Å². The number of carbonyl (C=O) groups is 1. The maximum absolute atomic E-state index is 12.5. The second-order valence-electron chi connectivity index (χ2n) is 6.32. The third-order valence-corrected chi connectivity index (χ3v) is 3.22. The maximum atomic E-state index is 12.5. The van der Waals surface area contributed by atoms with E-state index >= 15 is 0 Å². The molecule has 1 unspecified atom stereocenters. The number of aromatic nitrogens is 2. The molecule has 0 fully saturated rings. The molecule has 1 heterocycles. The first kappa shape index (κ1) is 19.7. The van der Waals surface area contributed by atoms with Crippen molar-refractivity contribution in [2.75, 3.05) is 0 Å². The van der Waals surface area contributed by atoms with Gasteiger partial charge in [-0.1, -0.05) is 19.0 Å². The lowest BCUT2D eigenvalue weighted by Gasteiger charge is -2.16. The summed E-state index contributed by atoms with van der Waals surface area (Å²) in [5.41, 5.74) is -0.389. The first-order valence-electron chi connectivity index (χ1n) is 7.97. The molecule has 0 aliphatic carbocycles. The summed E-state index contributed by atoms with van der Waals surface area (Å²) in [5, 5.41) is 6.65. The van der Waals surface area contributed by atoms with Crippen LogP contribution in [0.1, 0.15) is 47.1 Å². The van der Waals surface area contributed by atoms with E-state index in [4.69, 9.17) is 4.84 Å². The first-order valence-corrected chi connectivity index (χ1v) is 7.97. The molecule has 1 amide bonds. The van der Waals surface area contributed by atoms with Gasteiger partial charge in [0.25, 0.3) is 5.56 Å². The molecule has 8 heteroatoms. The highest BCUT2D eigenvalue weighted by molar-refractivity contribution is 5.97. The molecular formula is C16H26N4O4. The number of carbonyl (C=O) groups excluding carboxylic acids is 1. The van der Waals surface area contributed by atoms with Gasteiger partial charge in [-0.15, -0.1) is 0 Å². The smallest absolute Gasteiger partial charge is 0.328 e. The monoisotopic (exact) mass is 338 g/mol. The normalized spacial score (nSPS) is 13.2. The molecule has 8 nitrogen and oxygen atoms in total. The number of nitrogens with zero attached hydrogens (tertiary/aromatic N) is 2. The Morgan fingerprint density at radius 2 is 1.92 bits per heavy atom. The Kier molecular flexibility index (Phi) is 6.94. The lowest BCUT2D eigenvalue weighted by molar-refractivity contribution is -0.124. The minimum atomic E-state index is -0.535. The molecule has 24 heavy (non-hydrogen) atoms. The van der Waals surface area contributed by atoms with E-state index in [0.717, 1.165) is 4.57 Å². The summed E-state index contributed by atoms with van der Waals surface area (Å²) in [4.78, 5) is 43.9. The zero-order chi connectivity index (χ0) is 18.4. The molecule has 0 radical (unpaired) electrons. The molecule has 0 saturated heterocycles. The Morgan fingerprint density at radius 1 is 1.29 bits per heavy atom. The van der Waals surface area contributed by atoms with Gasteiger partial charge >= 0.3 is 5.69 Å². The fourth-order valence-electron chi connectivity index (χ4n) is 1.90. The fourth-order valence-corrected chi connectivity index (χ4v) is 1.90. The first-order chi connectivity index (χ1) is 11.1. The number of amides is 1. The molecule has 0 spiro atoms. The van der Waals surface area contributed by atoms with Gasteiger partial charge in [-0.25, -0.2) is 4.79 Å². The molecule has 0 aliphatic heterocycles. The van der Waals surface area contributed by atoms with E-state index in [2.05, 4.69) is 15.5 Å². The third-order valence-electron chi connectivity index (χ3n) is 3.22. The Labute approximate surface area is 140 Å². The summed E-state index contributed by atoms with van der Waals surface area (Å²) in [6.45, 7) is 10.6. The van der Waals surface area contributed by atoms with Crippen molar-refractivity contribution in [3.63, 3.8) is 0 Å². The van der Waals surface area contributed by atoms with Crippen molar-refractivity contribution in [2.24, 2.45) is 11.1 Å². The molecule has 134 valence electrons. The highest BCUT2D eigenvalue weighted by Crippen LogP contribution is 1.97. The lowest BCUT2D eigenvalue weighted by atomic mass is 10.2. The molecule has 0 bridgehead atoms. The van der Waals surface area contributed by atoms with Crippen LogP contribution in [0, 0.1) is 5.92 Å². The van der Waals surface area contributed by atoms with Crippen molar-refractivity contribution in [3.05, 3.63) is 32.6 Å². The average Bonchev–Trinajstić information content (AvgIpc) is 2.48. The van der Waals surface area contributed by atoms with Crippen molar-refractivity contribution < 1.29 is 9.63 Å². The molecule has 0 saturated carbocycles. The number of hydrogen-bond acceptors (Lipinski definition) is 5. The Balaban J connectivity index is 3.06. The third kappa shape index (κ3) is 5.36. The van der Waals surface area contributed by atoms with E-state index in [1.165, 1.54) is 6.20 Å². The number of rotatable bonds is 7. The molecule has 1 aromatic heterocycles. The maximum Gasteiger partial charge on any atom is 0.328 e. The summed E-state index contributed by atoms with van der Waals surface area (Å²) in [5.74, 6) is -0.303. The zero-order valence-electron chi connectivity index (χ0n) is 15.0. The standard InChI is InChI=1S/C16H26N4O4/c1-9(2)14(21)18-11(5)8-20-15(22)13(7-17-16(20)23)12(6)19-24-10(3)4/h7,9-11H,8H2,1-6H3,(H,17,23)(H,18,21)/b19-12+. The molecule has 2 N–H and O–H groups in total. The Bertz CT molecular complexity index is 716. The van der Waals surface area contributed by atoms with Gasteiger partial charge < -0.3 is 15.1 Å². The van der Waals surface area contributed by atoms with Crippen LogP contribution in [0.25, 0.3) is 0 Å². The molecule has 1 aromatic rings. The van der Waals surface area contributed by atoms with Gasteiger partial charge in [-0.2, -0.15) is 0 Å². The zero-order valence-corrected chi connectivity index (χ0v) is 15.0. The van der Waals surface area contributed by atoms with Crippen LogP contribution in [-0.2, 0) is 16.2 Å².